The third kappa shape index (κ3) is 11.1. The Balaban J connectivity index is 0.000000133. The normalized spacial score (nSPS) is 12.1. The number of para-hydroxylation sites is 10. The van der Waals surface area contributed by atoms with Gasteiger partial charge in [0.25, 0.3) is 0 Å². The molecular weight excluding hydrogens is 1620 g/mol. The van der Waals surface area contributed by atoms with Crippen molar-refractivity contribution in [3.63, 3.8) is 0 Å². The van der Waals surface area contributed by atoms with E-state index >= 15 is 0 Å². The number of fused-ring (bicyclic) bond motifs is 24. The van der Waals surface area contributed by atoms with Crippen molar-refractivity contribution in [2.75, 3.05) is 0 Å². The second-order valence-electron chi connectivity index (χ2n) is 34.6. The average molecular weight is 1700 g/mol. The molecule has 29 rings (SSSR count). The van der Waals surface area contributed by atoms with Crippen LogP contribution in [0.1, 0.15) is 0 Å². The fourth-order valence-corrected chi connectivity index (χ4v) is 22.9. The van der Waals surface area contributed by atoms with E-state index < -0.39 is 0 Å². The first-order chi connectivity index (χ1) is 65.5. The van der Waals surface area contributed by atoms with E-state index in [9.17, 15) is 0 Å². The lowest BCUT2D eigenvalue weighted by Gasteiger charge is -2.16. The van der Waals surface area contributed by atoms with E-state index in [1.165, 1.54) is 145 Å². The number of aromatic nitrogens is 9. The number of nitrogens with zero attached hydrogens (tertiary/aromatic N) is 9. The summed E-state index contributed by atoms with van der Waals surface area (Å²) in [6, 6.07) is 160. The van der Waals surface area contributed by atoms with E-state index in [0.717, 1.165) is 123 Å². The molecule has 0 saturated heterocycles. The van der Waals surface area contributed by atoms with Crippen molar-refractivity contribution in [1.82, 2.24) is 42.8 Å². The molecule has 0 bridgehead atoms. The maximum absolute atomic E-state index is 5.51. The van der Waals surface area contributed by atoms with Crippen molar-refractivity contribution in [2.45, 2.75) is 0 Å². The van der Waals surface area contributed by atoms with Crippen LogP contribution in [0.5, 0.6) is 0 Å². The highest BCUT2D eigenvalue weighted by Crippen LogP contribution is 2.51. The Morgan fingerprint density at radius 2 is 0.508 bits per heavy atom. The fraction of sp³-hybridized carbons (Fsp3) is 0. The number of thiophene rings is 1. The monoisotopic (exact) mass is 1700 g/mol. The van der Waals surface area contributed by atoms with Crippen LogP contribution in [-0.2, 0) is 0 Å². The summed E-state index contributed by atoms with van der Waals surface area (Å²) in [5, 5.41) is 24.3. The maximum Gasteiger partial charge on any atom is 0.0980 e. The van der Waals surface area contributed by atoms with Crippen LogP contribution in [0.2, 0.25) is 0 Å². The predicted octanol–water partition coefficient (Wildman–Crippen LogP) is 32.4. The van der Waals surface area contributed by atoms with Gasteiger partial charge in [-0.05, 0) is 178 Å². The minimum Gasteiger partial charge on any atom is -0.309 e. The van der Waals surface area contributed by atoms with E-state index in [4.69, 9.17) is 19.9 Å². The molecule has 0 atom stereocenters. The SMILES string of the molecule is c1ccc(-n2c3ccccc3c3c(-c4nc5ccccc5nc4-c4cccc(-n5c6ccccc6c6c(-n7c8ccccc8c8cc9ccccc9cc87)c7ccccc7cc65)c4)cccc32)cc1.c1ccc2cc3c(cc2c1)c1ccccc1n3-c1c2ccccc2cc2c1c1ccccc1n2-c1ccc(-c2nc3ccccc3nc2-c2cccc3sc4ccccc4c23)cc1. The van der Waals surface area contributed by atoms with Gasteiger partial charge < -0.3 is 22.8 Å². The van der Waals surface area contributed by atoms with Crippen LogP contribution in [-0.4, -0.2) is 42.8 Å². The van der Waals surface area contributed by atoms with Crippen molar-refractivity contribution >= 4 is 206 Å². The van der Waals surface area contributed by atoms with Gasteiger partial charge in [-0.3, -0.25) is 0 Å². The number of hydrogen-bond acceptors (Lipinski definition) is 5. The van der Waals surface area contributed by atoms with E-state index in [2.05, 4.69) is 441 Å². The first-order valence-electron chi connectivity index (χ1n) is 45.0. The molecule has 612 valence electrons. The predicted molar refractivity (Wildman–Crippen MR) is 555 cm³/mol. The fourth-order valence-electron chi connectivity index (χ4n) is 21.7. The molecule has 29 aromatic rings. The van der Waals surface area contributed by atoms with Gasteiger partial charge in [-0.25, -0.2) is 19.9 Å². The summed E-state index contributed by atoms with van der Waals surface area (Å²) in [6.45, 7) is 0. The smallest absolute Gasteiger partial charge is 0.0980 e. The summed E-state index contributed by atoms with van der Waals surface area (Å²) >= 11 is 1.83. The van der Waals surface area contributed by atoms with Gasteiger partial charge in [-0.15, -0.1) is 11.3 Å². The average Bonchev–Trinajstić information content (AvgIpc) is 1.54. The number of rotatable bonds is 9. The van der Waals surface area contributed by atoms with Crippen LogP contribution in [0.3, 0.4) is 0 Å². The molecule has 0 aliphatic heterocycles. The van der Waals surface area contributed by atoms with Crippen LogP contribution < -0.4 is 0 Å². The largest absolute Gasteiger partial charge is 0.309 e. The molecule has 0 aliphatic carbocycles. The summed E-state index contributed by atoms with van der Waals surface area (Å²) in [6.07, 6.45) is 0. The molecule has 0 radical (unpaired) electrons. The van der Waals surface area contributed by atoms with Crippen LogP contribution in [0, 0.1) is 0 Å². The summed E-state index contributed by atoms with van der Waals surface area (Å²) < 4.78 is 14.8. The molecule has 0 aliphatic rings. The standard InChI is InChI=1S/C64H39N5.C58H34N4S/c1-2-22-44(23-3-1)67-55-33-14-9-27-48(55)60-50(29-17-35-57(60)67)63-62(65-52-30-11-12-31-53(52)66-63)43-21-16-24-45(36-43)68-56-34-15-10-28-49(56)61-59(68)39-42-20-6-7-25-46(42)64(61)69-54-32-13-8-26-47(54)51-37-40-18-4-5-19-41(40)38-58(51)69;1-2-15-37-33-50-45(32-36(37)14-1)41-18-5-10-24-48(41)62(50)58-40-17-4-3-16-38(40)34-51-55(58)42-19-6-11-25-49(42)61(51)39-30-28-35(29-31-39)56-57(60-47-23-9-8-22-46(47)59-56)44-21-13-27-53-54(44)43-20-7-12-26-52(43)63-53/h1-39H;1-34H. The summed E-state index contributed by atoms with van der Waals surface area (Å²) in [5.41, 5.74) is 28.3. The lowest BCUT2D eigenvalue weighted by Crippen LogP contribution is -2.00. The first kappa shape index (κ1) is 73.7. The van der Waals surface area contributed by atoms with Gasteiger partial charge in [0.2, 0.25) is 0 Å². The van der Waals surface area contributed by atoms with Gasteiger partial charge in [0.05, 0.1) is 111 Å². The number of hydrogen-bond donors (Lipinski definition) is 0. The molecule has 0 spiro atoms. The quantitative estimate of drug-likeness (QED) is 0.144. The van der Waals surface area contributed by atoms with Gasteiger partial charge >= 0.3 is 0 Å². The molecule has 8 heterocycles. The summed E-state index contributed by atoms with van der Waals surface area (Å²) in [5.74, 6) is 0. The number of benzene rings is 21. The topological polar surface area (TPSA) is 76.2 Å². The van der Waals surface area contributed by atoms with Gasteiger partial charge in [0, 0.05) is 124 Å². The Morgan fingerprint density at radius 1 is 0.167 bits per heavy atom. The molecule has 0 N–H and O–H groups in total. The second kappa shape index (κ2) is 29.0. The van der Waals surface area contributed by atoms with Crippen molar-refractivity contribution in [3.05, 3.63) is 443 Å². The molecule has 132 heavy (non-hydrogen) atoms. The third-order valence-electron chi connectivity index (χ3n) is 27.4. The van der Waals surface area contributed by atoms with Gasteiger partial charge in [0.15, 0.2) is 0 Å². The summed E-state index contributed by atoms with van der Waals surface area (Å²) in [7, 11) is 0. The minimum atomic E-state index is 0.837. The molecule has 9 nitrogen and oxygen atoms in total. The highest BCUT2D eigenvalue weighted by atomic mass is 32.1. The molecule has 21 aromatic carbocycles. The first-order valence-corrected chi connectivity index (χ1v) is 45.8. The molecular formula is C122H73N9S. The van der Waals surface area contributed by atoms with Gasteiger partial charge in [-0.1, -0.05) is 297 Å². The summed E-state index contributed by atoms with van der Waals surface area (Å²) in [4.78, 5) is 21.8. The van der Waals surface area contributed by atoms with Gasteiger partial charge in [0.1, 0.15) is 0 Å². The van der Waals surface area contributed by atoms with Crippen LogP contribution in [0.4, 0.5) is 0 Å². The molecule has 10 heteroatoms. The lowest BCUT2D eigenvalue weighted by molar-refractivity contribution is 1.17. The Morgan fingerprint density at radius 3 is 1.03 bits per heavy atom. The van der Waals surface area contributed by atoms with E-state index in [1.807, 2.05) is 35.6 Å². The maximum atomic E-state index is 5.51. The Bertz CT molecular complexity index is 9960. The van der Waals surface area contributed by atoms with Crippen molar-refractivity contribution in [1.29, 1.82) is 0 Å². The molecule has 0 saturated carbocycles. The molecule has 8 aromatic heterocycles. The Labute approximate surface area is 759 Å². The van der Waals surface area contributed by atoms with E-state index in [1.54, 1.807) is 0 Å². The molecule has 0 amide bonds. The second-order valence-corrected chi connectivity index (χ2v) is 35.7. The highest BCUT2D eigenvalue weighted by molar-refractivity contribution is 7.26. The Kier molecular flexibility index (Phi) is 16.2. The van der Waals surface area contributed by atoms with Crippen molar-refractivity contribution < 1.29 is 0 Å². The van der Waals surface area contributed by atoms with Crippen molar-refractivity contribution in [2.24, 2.45) is 0 Å². The zero-order chi connectivity index (χ0) is 86.3. The zero-order valence-corrected chi connectivity index (χ0v) is 71.9. The zero-order valence-electron chi connectivity index (χ0n) is 71.1. The highest BCUT2D eigenvalue weighted by Gasteiger charge is 2.29. The molecule has 0 fully saturated rings. The van der Waals surface area contributed by atoms with E-state index in [0.29, 0.717) is 0 Å². The minimum absolute atomic E-state index is 0.837. The van der Waals surface area contributed by atoms with E-state index in [-0.39, 0.29) is 0 Å². The lowest BCUT2D eigenvalue weighted by atomic mass is 9.98. The van der Waals surface area contributed by atoms with Gasteiger partial charge in [-0.2, -0.15) is 0 Å². The third-order valence-corrected chi connectivity index (χ3v) is 28.5. The van der Waals surface area contributed by atoms with Crippen LogP contribution in [0.25, 0.3) is 268 Å². The Hall–Kier alpha value is -17.4. The van der Waals surface area contributed by atoms with Crippen molar-refractivity contribution in [3.8, 4) is 73.5 Å². The molecule has 0 unspecified atom stereocenters. The van der Waals surface area contributed by atoms with Crippen LogP contribution in [0.15, 0.2) is 443 Å². The van der Waals surface area contributed by atoms with Crippen LogP contribution >= 0.6 is 11.3 Å².